The van der Waals surface area contributed by atoms with E-state index in [-0.39, 0.29) is 0 Å². The van der Waals surface area contributed by atoms with Crippen LogP contribution in [0.4, 0.5) is 4.79 Å². The molecule has 0 aliphatic carbocycles. The van der Waals surface area contributed by atoms with Gasteiger partial charge in [0.15, 0.2) is 0 Å². The lowest BCUT2D eigenvalue weighted by Gasteiger charge is -2.10. The maximum absolute atomic E-state index is 10.4. The second-order valence-electron chi connectivity index (χ2n) is 2.97. The minimum absolute atomic E-state index is 0.461. The van der Waals surface area contributed by atoms with E-state index in [0.29, 0.717) is 13.0 Å². The standard InChI is InChI=1S/C9H13NO3/c1-7-3-4-8(13-7)5-6-10(2)9(11)12/h3-4H,5-6H2,1-2H3,(H,11,12). The fraction of sp³-hybridized carbons (Fsp3) is 0.444. The Labute approximate surface area is 76.8 Å². The Hall–Kier alpha value is -1.45. The van der Waals surface area contributed by atoms with Crippen LogP contribution in [0, 0.1) is 6.92 Å². The largest absolute Gasteiger partial charge is 0.466 e. The molecule has 0 saturated heterocycles. The van der Waals surface area contributed by atoms with Crippen LogP contribution in [0.1, 0.15) is 11.5 Å². The number of rotatable bonds is 3. The summed E-state index contributed by atoms with van der Waals surface area (Å²) in [6.07, 6.45) is -0.292. The van der Waals surface area contributed by atoms with E-state index in [9.17, 15) is 4.79 Å². The molecule has 1 heterocycles. The number of carboxylic acid groups (broad SMARTS) is 1. The van der Waals surface area contributed by atoms with Gasteiger partial charge in [0.2, 0.25) is 0 Å². The number of likely N-dealkylation sites (N-methyl/N-ethyl adjacent to an activating group) is 1. The Morgan fingerprint density at radius 2 is 2.31 bits per heavy atom. The molecule has 1 N–H and O–H groups in total. The van der Waals surface area contributed by atoms with Crippen LogP contribution in [-0.4, -0.2) is 29.7 Å². The molecule has 4 nitrogen and oxygen atoms in total. The van der Waals surface area contributed by atoms with E-state index >= 15 is 0 Å². The molecule has 0 unspecified atom stereocenters. The highest BCUT2D eigenvalue weighted by atomic mass is 16.4. The normalized spacial score (nSPS) is 10.0. The monoisotopic (exact) mass is 183 g/mol. The second kappa shape index (κ2) is 3.98. The molecule has 1 aromatic rings. The maximum Gasteiger partial charge on any atom is 0.407 e. The SMILES string of the molecule is Cc1ccc(CCN(C)C(=O)O)o1. The predicted molar refractivity (Wildman–Crippen MR) is 47.8 cm³/mol. The van der Waals surface area contributed by atoms with E-state index in [4.69, 9.17) is 9.52 Å². The highest BCUT2D eigenvalue weighted by Crippen LogP contribution is 2.07. The van der Waals surface area contributed by atoms with Crippen molar-refractivity contribution in [3.05, 3.63) is 23.7 Å². The van der Waals surface area contributed by atoms with Gasteiger partial charge in [-0.1, -0.05) is 0 Å². The van der Waals surface area contributed by atoms with Gasteiger partial charge in [-0.05, 0) is 19.1 Å². The Morgan fingerprint density at radius 3 is 2.77 bits per heavy atom. The molecule has 0 spiro atoms. The van der Waals surface area contributed by atoms with Crippen LogP contribution in [-0.2, 0) is 6.42 Å². The minimum Gasteiger partial charge on any atom is -0.466 e. The minimum atomic E-state index is -0.914. The molecule has 0 radical (unpaired) electrons. The van der Waals surface area contributed by atoms with Crippen LogP contribution < -0.4 is 0 Å². The Kier molecular flexibility index (Phi) is 2.95. The van der Waals surface area contributed by atoms with Crippen LogP contribution in [0.5, 0.6) is 0 Å². The lowest BCUT2D eigenvalue weighted by Crippen LogP contribution is -2.26. The molecule has 0 fully saturated rings. The van der Waals surface area contributed by atoms with Gasteiger partial charge in [0.1, 0.15) is 11.5 Å². The first-order chi connectivity index (χ1) is 6.09. The van der Waals surface area contributed by atoms with E-state index in [1.54, 1.807) is 0 Å². The van der Waals surface area contributed by atoms with Gasteiger partial charge in [0.25, 0.3) is 0 Å². The fourth-order valence-corrected chi connectivity index (χ4v) is 0.993. The van der Waals surface area contributed by atoms with E-state index in [0.717, 1.165) is 11.5 Å². The summed E-state index contributed by atoms with van der Waals surface area (Å²) in [5.74, 6) is 1.68. The molecule has 13 heavy (non-hydrogen) atoms. The Morgan fingerprint density at radius 1 is 1.62 bits per heavy atom. The van der Waals surface area contributed by atoms with Crippen molar-refractivity contribution >= 4 is 6.09 Å². The smallest absolute Gasteiger partial charge is 0.407 e. The lowest BCUT2D eigenvalue weighted by atomic mass is 10.3. The number of carbonyl (C=O) groups is 1. The van der Waals surface area contributed by atoms with E-state index < -0.39 is 6.09 Å². The molecule has 0 bridgehead atoms. The number of amides is 1. The molecule has 0 aromatic carbocycles. The van der Waals surface area contributed by atoms with Crippen molar-refractivity contribution in [2.75, 3.05) is 13.6 Å². The third kappa shape index (κ3) is 2.82. The van der Waals surface area contributed by atoms with E-state index in [1.165, 1.54) is 11.9 Å². The van der Waals surface area contributed by atoms with Gasteiger partial charge in [0.05, 0.1) is 0 Å². The average molecular weight is 183 g/mol. The van der Waals surface area contributed by atoms with E-state index in [2.05, 4.69) is 0 Å². The zero-order chi connectivity index (χ0) is 9.84. The molecule has 4 heteroatoms. The highest BCUT2D eigenvalue weighted by molar-refractivity contribution is 5.64. The molecule has 0 aliphatic heterocycles. The molecular weight excluding hydrogens is 170 g/mol. The van der Waals surface area contributed by atoms with Crippen molar-refractivity contribution in [1.29, 1.82) is 0 Å². The summed E-state index contributed by atoms with van der Waals surface area (Å²) in [7, 11) is 1.54. The van der Waals surface area contributed by atoms with Crippen molar-refractivity contribution in [1.82, 2.24) is 4.90 Å². The Balaban J connectivity index is 2.39. The first-order valence-corrected chi connectivity index (χ1v) is 4.09. The first kappa shape index (κ1) is 9.64. The third-order valence-corrected chi connectivity index (χ3v) is 1.82. The third-order valence-electron chi connectivity index (χ3n) is 1.82. The molecule has 0 aliphatic rings. The summed E-state index contributed by atoms with van der Waals surface area (Å²) in [4.78, 5) is 11.7. The molecule has 1 rings (SSSR count). The van der Waals surface area contributed by atoms with Crippen molar-refractivity contribution in [2.45, 2.75) is 13.3 Å². The summed E-state index contributed by atoms with van der Waals surface area (Å²) in [5.41, 5.74) is 0. The van der Waals surface area contributed by atoms with Gasteiger partial charge >= 0.3 is 6.09 Å². The number of nitrogens with zero attached hydrogens (tertiary/aromatic N) is 1. The van der Waals surface area contributed by atoms with Crippen LogP contribution >= 0.6 is 0 Å². The summed E-state index contributed by atoms with van der Waals surface area (Å²) >= 11 is 0. The summed E-state index contributed by atoms with van der Waals surface area (Å²) < 4.78 is 5.29. The van der Waals surface area contributed by atoms with Gasteiger partial charge in [-0.3, -0.25) is 0 Å². The summed E-state index contributed by atoms with van der Waals surface area (Å²) in [6.45, 7) is 2.33. The number of furan rings is 1. The van der Waals surface area contributed by atoms with Gasteiger partial charge < -0.3 is 14.4 Å². The fourth-order valence-electron chi connectivity index (χ4n) is 0.993. The number of hydrogen-bond acceptors (Lipinski definition) is 2. The van der Waals surface area contributed by atoms with Crippen LogP contribution in [0.2, 0.25) is 0 Å². The molecule has 72 valence electrons. The van der Waals surface area contributed by atoms with Gasteiger partial charge in [0, 0.05) is 20.0 Å². The first-order valence-electron chi connectivity index (χ1n) is 4.09. The topological polar surface area (TPSA) is 53.7 Å². The molecule has 1 amide bonds. The van der Waals surface area contributed by atoms with Crippen molar-refractivity contribution in [3.8, 4) is 0 Å². The van der Waals surface area contributed by atoms with Crippen molar-refractivity contribution in [3.63, 3.8) is 0 Å². The second-order valence-corrected chi connectivity index (χ2v) is 2.97. The van der Waals surface area contributed by atoms with Gasteiger partial charge in [-0.15, -0.1) is 0 Å². The average Bonchev–Trinajstić information content (AvgIpc) is 2.47. The summed E-state index contributed by atoms with van der Waals surface area (Å²) in [5, 5.41) is 8.56. The Bertz CT molecular complexity index is 293. The van der Waals surface area contributed by atoms with Gasteiger partial charge in [-0.25, -0.2) is 4.79 Å². The van der Waals surface area contributed by atoms with E-state index in [1.807, 2.05) is 19.1 Å². The van der Waals surface area contributed by atoms with Gasteiger partial charge in [-0.2, -0.15) is 0 Å². The molecule has 0 atom stereocenters. The van der Waals surface area contributed by atoms with Crippen LogP contribution in [0.15, 0.2) is 16.5 Å². The molecule has 1 aromatic heterocycles. The van der Waals surface area contributed by atoms with Crippen LogP contribution in [0.25, 0.3) is 0 Å². The van der Waals surface area contributed by atoms with Crippen LogP contribution in [0.3, 0.4) is 0 Å². The lowest BCUT2D eigenvalue weighted by molar-refractivity contribution is 0.156. The predicted octanol–water partition coefficient (Wildman–Crippen LogP) is 1.74. The van der Waals surface area contributed by atoms with Crippen molar-refractivity contribution in [2.24, 2.45) is 0 Å². The zero-order valence-electron chi connectivity index (χ0n) is 7.78. The molecule has 0 saturated carbocycles. The maximum atomic E-state index is 10.4. The number of aryl methyl sites for hydroxylation is 1. The molecular formula is C9H13NO3. The number of hydrogen-bond donors (Lipinski definition) is 1. The summed E-state index contributed by atoms with van der Waals surface area (Å²) in [6, 6.07) is 3.74. The zero-order valence-corrected chi connectivity index (χ0v) is 7.78. The van der Waals surface area contributed by atoms with Crippen molar-refractivity contribution < 1.29 is 14.3 Å². The highest BCUT2D eigenvalue weighted by Gasteiger charge is 2.06. The quantitative estimate of drug-likeness (QED) is 0.776.